The Kier molecular flexibility index (Phi) is 7.33. The predicted molar refractivity (Wildman–Crippen MR) is 103 cm³/mol. The minimum atomic E-state index is -0.932. The Morgan fingerprint density at radius 3 is 2.78 bits per heavy atom. The molecule has 27 heavy (non-hydrogen) atoms. The number of unbranched alkanes of at least 4 members (excludes halogenated alkanes) is 1. The molecule has 0 saturated heterocycles. The number of carbonyl (C=O) groups is 1. The predicted octanol–water partition coefficient (Wildman–Crippen LogP) is 3.31. The van der Waals surface area contributed by atoms with Gasteiger partial charge in [0.05, 0.1) is 5.69 Å². The maximum absolute atomic E-state index is 13.6. The van der Waals surface area contributed by atoms with Crippen molar-refractivity contribution >= 4 is 18.3 Å². The van der Waals surface area contributed by atoms with Gasteiger partial charge in [0, 0.05) is 29.9 Å². The number of halogens is 3. The summed E-state index contributed by atoms with van der Waals surface area (Å²) in [4.78, 5) is 12.7. The van der Waals surface area contributed by atoms with Crippen molar-refractivity contribution in [1.29, 1.82) is 0 Å². The van der Waals surface area contributed by atoms with Gasteiger partial charge in [-0.1, -0.05) is 19.8 Å². The molecule has 3 rings (SSSR count). The second kappa shape index (κ2) is 9.28. The van der Waals surface area contributed by atoms with Gasteiger partial charge in [0.1, 0.15) is 0 Å². The number of amides is 1. The third-order valence-electron chi connectivity index (χ3n) is 4.82. The molecular weight excluding hydrogens is 374 g/mol. The Bertz CT molecular complexity index is 809. The molecule has 0 aliphatic heterocycles. The van der Waals surface area contributed by atoms with Crippen molar-refractivity contribution in [3.05, 3.63) is 46.8 Å². The summed E-state index contributed by atoms with van der Waals surface area (Å²) in [6.07, 6.45) is 5.27. The number of fused-ring (bicyclic) bond motifs is 1. The van der Waals surface area contributed by atoms with E-state index in [1.165, 1.54) is 6.07 Å². The summed E-state index contributed by atoms with van der Waals surface area (Å²) in [5.41, 5.74) is 8.32. The Hall–Kier alpha value is -1.99. The summed E-state index contributed by atoms with van der Waals surface area (Å²) in [5.74, 6) is -2.09. The summed E-state index contributed by atoms with van der Waals surface area (Å²) in [5, 5.41) is 7.37. The highest BCUT2D eigenvalue weighted by Gasteiger charge is 2.28. The highest BCUT2D eigenvalue weighted by molar-refractivity contribution is 5.94. The second-order valence-corrected chi connectivity index (χ2v) is 6.69. The Labute approximate surface area is 163 Å². The number of aromatic nitrogens is 2. The molecular formula is C19H25ClF2N4O. The van der Waals surface area contributed by atoms with Crippen molar-refractivity contribution in [3.63, 3.8) is 0 Å². The molecule has 148 valence electrons. The SMILES string of the molecule is CCCCC(CN)NC(=O)c1nn(-c2ccc(F)c(F)c2)c2c1CCC2.Cl. The van der Waals surface area contributed by atoms with Crippen LogP contribution in [0, 0.1) is 11.6 Å². The summed E-state index contributed by atoms with van der Waals surface area (Å²) in [6, 6.07) is 3.55. The van der Waals surface area contributed by atoms with Crippen LogP contribution in [0.15, 0.2) is 18.2 Å². The zero-order chi connectivity index (χ0) is 18.7. The number of benzene rings is 1. The molecule has 1 aliphatic rings. The van der Waals surface area contributed by atoms with Gasteiger partial charge in [0.25, 0.3) is 5.91 Å². The lowest BCUT2D eigenvalue weighted by molar-refractivity contribution is 0.0929. The fourth-order valence-corrected chi connectivity index (χ4v) is 3.40. The molecule has 5 nitrogen and oxygen atoms in total. The number of rotatable bonds is 7. The zero-order valence-electron chi connectivity index (χ0n) is 15.3. The van der Waals surface area contributed by atoms with Crippen LogP contribution in [0.3, 0.4) is 0 Å². The van der Waals surface area contributed by atoms with Crippen molar-refractivity contribution in [1.82, 2.24) is 15.1 Å². The second-order valence-electron chi connectivity index (χ2n) is 6.69. The summed E-state index contributed by atoms with van der Waals surface area (Å²) in [7, 11) is 0. The molecule has 2 aromatic rings. The Morgan fingerprint density at radius 1 is 1.33 bits per heavy atom. The van der Waals surface area contributed by atoms with Gasteiger partial charge < -0.3 is 11.1 Å². The minimum Gasteiger partial charge on any atom is -0.347 e. The first kappa shape index (κ1) is 21.3. The van der Waals surface area contributed by atoms with Gasteiger partial charge in [-0.3, -0.25) is 4.79 Å². The molecule has 1 heterocycles. The van der Waals surface area contributed by atoms with E-state index in [1.807, 2.05) is 0 Å². The van der Waals surface area contributed by atoms with E-state index in [9.17, 15) is 13.6 Å². The molecule has 1 atom stereocenters. The molecule has 1 aromatic heterocycles. The van der Waals surface area contributed by atoms with Crippen molar-refractivity contribution < 1.29 is 13.6 Å². The first-order valence-electron chi connectivity index (χ1n) is 9.12. The van der Waals surface area contributed by atoms with E-state index in [4.69, 9.17) is 5.73 Å². The summed E-state index contributed by atoms with van der Waals surface area (Å²) < 4.78 is 28.4. The van der Waals surface area contributed by atoms with E-state index in [0.29, 0.717) is 17.9 Å². The number of nitrogens with zero attached hydrogens (tertiary/aromatic N) is 2. The smallest absolute Gasteiger partial charge is 0.272 e. The average Bonchev–Trinajstić information content (AvgIpc) is 3.23. The maximum atomic E-state index is 13.6. The van der Waals surface area contributed by atoms with Gasteiger partial charge in [-0.25, -0.2) is 13.5 Å². The summed E-state index contributed by atoms with van der Waals surface area (Å²) in [6.45, 7) is 2.46. The molecule has 1 aromatic carbocycles. The number of carbonyl (C=O) groups excluding carboxylic acids is 1. The van der Waals surface area contributed by atoms with Crippen LogP contribution < -0.4 is 11.1 Å². The van der Waals surface area contributed by atoms with E-state index in [-0.39, 0.29) is 24.4 Å². The van der Waals surface area contributed by atoms with E-state index < -0.39 is 11.6 Å². The summed E-state index contributed by atoms with van der Waals surface area (Å²) >= 11 is 0. The molecule has 0 bridgehead atoms. The number of nitrogens with two attached hydrogens (primary N) is 1. The normalized spacial score (nSPS) is 13.8. The van der Waals surface area contributed by atoms with E-state index >= 15 is 0 Å². The fourth-order valence-electron chi connectivity index (χ4n) is 3.40. The van der Waals surface area contributed by atoms with Gasteiger partial charge >= 0.3 is 0 Å². The monoisotopic (exact) mass is 398 g/mol. The van der Waals surface area contributed by atoms with Gasteiger partial charge in [-0.2, -0.15) is 5.10 Å². The zero-order valence-corrected chi connectivity index (χ0v) is 16.1. The quantitative estimate of drug-likeness (QED) is 0.751. The van der Waals surface area contributed by atoms with E-state index in [0.717, 1.165) is 61.9 Å². The number of hydrogen-bond donors (Lipinski definition) is 2. The third-order valence-corrected chi connectivity index (χ3v) is 4.82. The van der Waals surface area contributed by atoms with Crippen LogP contribution in [-0.4, -0.2) is 28.3 Å². The molecule has 1 aliphatic carbocycles. The largest absolute Gasteiger partial charge is 0.347 e. The van der Waals surface area contributed by atoms with Gasteiger partial charge in [-0.15, -0.1) is 12.4 Å². The Balaban J connectivity index is 0.00000261. The fraction of sp³-hybridized carbons (Fsp3) is 0.474. The first-order valence-corrected chi connectivity index (χ1v) is 9.12. The average molecular weight is 399 g/mol. The molecule has 0 fully saturated rings. The topological polar surface area (TPSA) is 72.9 Å². The molecule has 1 amide bonds. The van der Waals surface area contributed by atoms with Crippen LogP contribution in [0.5, 0.6) is 0 Å². The van der Waals surface area contributed by atoms with Crippen molar-refractivity contribution in [2.24, 2.45) is 5.73 Å². The molecule has 0 saturated carbocycles. The molecule has 0 spiro atoms. The lowest BCUT2D eigenvalue weighted by Crippen LogP contribution is -2.40. The lowest BCUT2D eigenvalue weighted by atomic mass is 10.1. The van der Waals surface area contributed by atoms with Crippen molar-refractivity contribution in [3.8, 4) is 5.69 Å². The van der Waals surface area contributed by atoms with E-state index in [2.05, 4.69) is 17.3 Å². The van der Waals surface area contributed by atoms with Gasteiger partial charge in [-0.05, 0) is 37.8 Å². The minimum absolute atomic E-state index is 0. The van der Waals surface area contributed by atoms with Crippen LogP contribution in [0.1, 0.15) is 54.4 Å². The van der Waals surface area contributed by atoms with Gasteiger partial charge in [0.15, 0.2) is 17.3 Å². The first-order chi connectivity index (χ1) is 12.5. The van der Waals surface area contributed by atoms with Crippen LogP contribution in [0.2, 0.25) is 0 Å². The van der Waals surface area contributed by atoms with Crippen molar-refractivity contribution in [2.45, 2.75) is 51.5 Å². The molecule has 0 radical (unpaired) electrons. The van der Waals surface area contributed by atoms with Crippen LogP contribution in [-0.2, 0) is 12.8 Å². The maximum Gasteiger partial charge on any atom is 0.272 e. The highest BCUT2D eigenvalue weighted by Crippen LogP contribution is 2.28. The number of nitrogens with one attached hydrogen (secondary N) is 1. The molecule has 1 unspecified atom stereocenters. The van der Waals surface area contributed by atoms with Crippen LogP contribution in [0.4, 0.5) is 8.78 Å². The van der Waals surface area contributed by atoms with Gasteiger partial charge in [0.2, 0.25) is 0 Å². The molecule has 8 heteroatoms. The Morgan fingerprint density at radius 2 is 2.11 bits per heavy atom. The lowest BCUT2D eigenvalue weighted by Gasteiger charge is -2.16. The third kappa shape index (κ3) is 4.47. The highest BCUT2D eigenvalue weighted by atomic mass is 35.5. The van der Waals surface area contributed by atoms with E-state index in [1.54, 1.807) is 4.68 Å². The number of hydrogen-bond acceptors (Lipinski definition) is 3. The van der Waals surface area contributed by atoms with Crippen LogP contribution >= 0.6 is 12.4 Å². The van der Waals surface area contributed by atoms with Crippen molar-refractivity contribution in [2.75, 3.05) is 6.54 Å². The van der Waals surface area contributed by atoms with Crippen LogP contribution in [0.25, 0.3) is 5.69 Å². The standard InChI is InChI=1S/C19H24F2N4O.ClH/c1-2-3-5-12(11-22)23-19(26)18-14-6-4-7-17(14)25(24-18)13-8-9-15(20)16(21)10-13;/h8-10,12H,2-7,11,22H2,1H3,(H,23,26);1H. The molecule has 3 N–H and O–H groups in total.